The van der Waals surface area contributed by atoms with Gasteiger partial charge in [-0.15, -0.1) is 0 Å². The van der Waals surface area contributed by atoms with E-state index in [2.05, 4.69) is 32.0 Å². The summed E-state index contributed by atoms with van der Waals surface area (Å²) in [4.78, 5) is 0. The van der Waals surface area contributed by atoms with Crippen LogP contribution in [0.2, 0.25) is 0 Å². The van der Waals surface area contributed by atoms with Crippen molar-refractivity contribution in [1.82, 2.24) is 0 Å². The van der Waals surface area contributed by atoms with Gasteiger partial charge in [-0.1, -0.05) is 43.7 Å². The van der Waals surface area contributed by atoms with E-state index in [0.29, 0.717) is 0 Å². The van der Waals surface area contributed by atoms with Crippen LogP contribution in [-0.4, -0.2) is 0 Å². The normalized spacial score (nSPS) is 10.2. The number of rotatable bonds is 4. The molecular weight excluding hydrogens is 208 g/mol. The van der Waals surface area contributed by atoms with Crippen molar-refractivity contribution in [1.29, 1.82) is 0 Å². The fourth-order valence-electron chi connectivity index (χ4n) is 1.81. The average molecular weight is 226 g/mol. The Kier molecular flexibility index (Phi) is 3.81. The van der Waals surface area contributed by atoms with Crippen molar-refractivity contribution >= 4 is 0 Å². The minimum Gasteiger partial charge on any atom is -0.457 e. The van der Waals surface area contributed by atoms with Crippen molar-refractivity contribution in [3.63, 3.8) is 0 Å². The lowest BCUT2D eigenvalue weighted by molar-refractivity contribution is 0.478. The molecule has 1 heteroatoms. The fourth-order valence-corrected chi connectivity index (χ4v) is 1.81. The van der Waals surface area contributed by atoms with Crippen LogP contribution in [0.15, 0.2) is 48.5 Å². The van der Waals surface area contributed by atoms with E-state index in [4.69, 9.17) is 4.74 Å². The third kappa shape index (κ3) is 3.10. The molecule has 0 saturated heterocycles. The fraction of sp³-hybridized carbons (Fsp3) is 0.250. The summed E-state index contributed by atoms with van der Waals surface area (Å²) in [6.07, 6.45) is 2.31. The molecule has 0 aliphatic heterocycles. The van der Waals surface area contributed by atoms with Gasteiger partial charge in [0.2, 0.25) is 0 Å². The molecule has 0 amide bonds. The second-order valence-corrected chi connectivity index (χ2v) is 4.26. The second-order valence-electron chi connectivity index (χ2n) is 4.26. The Hall–Kier alpha value is -1.76. The van der Waals surface area contributed by atoms with Gasteiger partial charge in [-0.3, -0.25) is 0 Å². The topological polar surface area (TPSA) is 9.23 Å². The number of para-hydroxylation sites is 1. The predicted molar refractivity (Wildman–Crippen MR) is 71.7 cm³/mol. The van der Waals surface area contributed by atoms with Crippen LogP contribution in [0.25, 0.3) is 0 Å². The molecule has 2 aromatic carbocycles. The van der Waals surface area contributed by atoms with Crippen LogP contribution in [0.4, 0.5) is 0 Å². The molecule has 0 heterocycles. The largest absolute Gasteiger partial charge is 0.457 e. The van der Waals surface area contributed by atoms with Gasteiger partial charge in [0.25, 0.3) is 0 Å². The van der Waals surface area contributed by atoms with Gasteiger partial charge in [-0.25, -0.2) is 0 Å². The van der Waals surface area contributed by atoms with Crippen LogP contribution in [0, 0.1) is 6.92 Å². The summed E-state index contributed by atoms with van der Waals surface area (Å²) in [6.45, 7) is 4.25. The van der Waals surface area contributed by atoms with E-state index >= 15 is 0 Å². The molecule has 2 aromatic rings. The Morgan fingerprint density at radius 1 is 0.941 bits per heavy atom. The molecule has 1 nitrogen and oxygen atoms in total. The molecule has 0 unspecified atom stereocenters. The monoisotopic (exact) mass is 226 g/mol. The highest BCUT2D eigenvalue weighted by Gasteiger charge is 2.00. The molecule has 88 valence electrons. The van der Waals surface area contributed by atoms with Crippen LogP contribution in [0.1, 0.15) is 24.5 Å². The maximum atomic E-state index is 5.84. The highest BCUT2D eigenvalue weighted by atomic mass is 16.5. The molecule has 0 spiro atoms. The first-order valence-corrected chi connectivity index (χ1v) is 6.12. The van der Waals surface area contributed by atoms with E-state index in [1.165, 1.54) is 12.0 Å². The van der Waals surface area contributed by atoms with Crippen molar-refractivity contribution in [2.24, 2.45) is 0 Å². The van der Waals surface area contributed by atoms with Gasteiger partial charge in [0, 0.05) is 0 Å². The third-order valence-electron chi connectivity index (χ3n) is 2.78. The molecule has 0 radical (unpaired) electrons. The molecule has 0 aliphatic rings. The minimum absolute atomic E-state index is 0.902. The third-order valence-corrected chi connectivity index (χ3v) is 2.78. The molecule has 17 heavy (non-hydrogen) atoms. The zero-order valence-corrected chi connectivity index (χ0v) is 10.4. The van der Waals surface area contributed by atoms with Gasteiger partial charge in [0.1, 0.15) is 11.5 Å². The summed E-state index contributed by atoms with van der Waals surface area (Å²) in [7, 11) is 0. The lowest BCUT2D eigenvalue weighted by Crippen LogP contribution is -1.88. The quantitative estimate of drug-likeness (QED) is 0.731. The molecule has 0 aliphatic carbocycles. The first-order chi connectivity index (χ1) is 8.29. The summed E-state index contributed by atoms with van der Waals surface area (Å²) in [5.41, 5.74) is 2.52. The summed E-state index contributed by atoms with van der Waals surface area (Å²) in [5.74, 6) is 1.83. The highest BCUT2D eigenvalue weighted by molar-refractivity contribution is 5.37. The average Bonchev–Trinajstić information content (AvgIpc) is 2.35. The Balaban J connectivity index is 2.11. The van der Waals surface area contributed by atoms with Crippen molar-refractivity contribution < 1.29 is 4.74 Å². The van der Waals surface area contributed by atoms with E-state index in [1.54, 1.807) is 0 Å². The van der Waals surface area contributed by atoms with E-state index in [9.17, 15) is 0 Å². The molecule has 0 atom stereocenters. The smallest absolute Gasteiger partial charge is 0.130 e. The molecule has 0 fully saturated rings. The molecular formula is C16H18O. The van der Waals surface area contributed by atoms with Crippen LogP contribution in [-0.2, 0) is 6.42 Å². The number of aryl methyl sites for hydroxylation is 2. The van der Waals surface area contributed by atoms with Crippen molar-refractivity contribution in [3.05, 3.63) is 59.7 Å². The molecule has 0 bridgehead atoms. The Morgan fingerprint density at radius 2 is 1.65 bits per heavy atom. The first-order valence-electron chi connectivity index (χ1n) is 6.12. The lowest BCUT2D eigenvalue weighted by atomic mass is 10.1. The van der Waals surface area contributed by atoms with Crippen LogP contribution in [0.5, 0.6) is 11.5 Å². The van der Waals surface area contributed by atoms with Crippen molar-refractivity contribution in [3.8, 4) is 11.5 Å². The number of hydrogen-bond acceptors (Lipinski definition) is 1. The Labute approximate surface area is 103 Å². The molecule has 2 rings (SSSR count). The number of hydrogen-bond donors (Lipinski definition) is 0. The van der Waals surface area contributed by atoms with Gasteiger partial charge in [-0.2, -0.15) is 0 Å². The standard InChI is InChI=1S/C16H18O/c1-3-6-14-9-11-15(12-10-14)17-16-8-5-4-7-13(16)2/h4-5,7-12H,3,6H2,1-2H3. The summed E-state index contributed by atoms with van der Waals surface area (Å²) >= 11 is 0. The van der Waals surface area contributed by atoms with Crippen molar-refractivity contribution in [2.45, 2.75) is 26.7 Å². The minimum atomic E-state index is 0.902. The van der Waals surface area contributed by atoms with Crippen LogP contribution in [0.3, 0.4) is 0 Å². The lowest BCUT2D eigenvalue weighted by Gasteiger charge is -2.08. The summed E-state index contributed by atoms with van der Waals surface area (Å²) < 4.78 is 5.84. The summed E-state index contributed by atoms with van der Waals surface area (Å²) in [6, 6.07) is 16.4. The number of benzene rings is 2. The van der Waals surface area contributed by atoms with Crippen molar-refractivity contribution in [2.75, 3.05) is 0 Å². The van der Waals surface area contributed by atoms with Crippen LogP contribution >= 0.6 is 0 Å². The zero-order valence-electron chi connectivity index (χ0n) is 10.4. The zero-order chi connectivity index (χ0) is 12.1. The van der Waals surface area contributed by atoms with E-state index in [1.807, 2.05) is 30.3 Å². The van der Waals surface area contributed by atoms with Gasteiger partial charge >= 0.3 is 0 Å². The molecule has 0 aromatic heterocycles. The molecule has 0 N–H and O–H groups in total. The first kappa shape index (κ1) is 11.7. The highest BCUT2D eigenvalue weighted by Crippen LogP contribution is 2.24. The maximum absolute atomic E-state index is 5.84. The van der Waals surface area contributed by atoms with E-state index < -0.39 is 0 Å². The Morgan fingerprint density at radius 3 is 2.29 bits per heavy atom. The van der Waals surface area contributed by atoms with Crippen LogP contribution < -0.4 is 4.74 Å². The maximum Gasteiger partial charge on any atom is 0.130 e. The molecule has 0 saturated carbocycles. The summed E-state index contributed by atoms with van der Waals surface area (Å²) in [5, 5.41) is 0. The van der Waals surface area contributed by atoms with Gasteiger partial charge in [0.15, 0.2) is 0 Å². The van der Waals surface area contributed by atoms with Gasteiger partial charge in [0.05, 0.1) is 0 Å². The van der Waals surface area contributed by atoms with Gasteiger partial charge in [-0.05, 0) is 42.7 Å². The van der Waals surface area contributed by atoms with Gasteiger partial charge < -0.3 is 4.74 Å². The van der Waals surface area contributed by atoms with E-state index in [0.717, 1.165) is 23.5 Å². The second kappa shape index (κ2) is 5.53. The SMILES string of the molecule is CCCc1ccc(Oc2ccccc2C)cc1. The number of ether oxygens (including phenoxy) is 1. The Bertz CT molecular complexity index is 471. The predicted octanol–water partition coefficient (Wildman–Crippen LogP) is 4.74. The van der Waals surface area contributed by atoms with E-state index in [-0.39, 0.29) is 0 Å².